The summed E-state index contributed by atoms with van der Waals surface area (Å²) in [4.78, 5) is 30.6. The minimum atomic E-state index is -0.205. The molecule has 6 nitrogen and oxygen atoms in total. The molecule has 2 bridgehead atoms. The molecule has 6 heteroatoms. The van der Waals surface area contributed by atoms with Crippen molar-refractivity contribution in [1.29, 1.82) is 0 Å². The van der Waals surface area contributed by atoms with Gasteiger partial charge in [-0.1, -0.05) is 30.3 Å². The second kappa shape index (κ2) is 8.60. The first-order valence-electron chi connectivity index (χ1n) is 11.4. The lowest BCUT2D eigenvalue weighted by molar-refractivity contribution is 0.00584. The molecule has 2 aromatic rings. The standard InChI is InChI=1S/C25H31N3O3/c1-26(14-18-5-3-2-4-6-18)24(29)22-7-8-23-20-13-19(16-28(23)25(22)30)15-27(17-20)21-9-11-31-12-10-21/h2-8,19-21H,9-17H2,1H3/t19-,20+/m0/s1. The fourth-order valence-corrected chi connectivity index (χ4v) is 5.63. The van der Waals surface area contributed by atoms with Crippen molar-refractivity contribution in [2.24, 2.45) is 5.92 Å². The van der Waals surface area contributed by atoms with Crippen molar-refractivity contribution in [2.45, 2.75) is 44.3 Å². The van der Waals surface area contributed by atoms with E-state index < -0.39 is 0 Å². The Balaban J connectivity index is 1.36. The van der Waals surface area contributed by atoms with Crippen LogP contribution in [0.15, 0.2) is 47.3 Å². The molecule has 3 aliphatic heterocycles. The number of hydrogen-bond acceptors (Lipinski definition) is 4. The van der Waals surface area contributed by atoms with E-state index in [1.807, 2.05) is 41.0 Å². The van der Waals surface area contributed by atoms with Crippen LogP contribution in [0.4, 0.5) is 0 Å². The monoisotopic (exact) mass is 421 g/mol. The van der Waals surface area contributed by atoms with E-state index in [4.69, 9.17) is 4.74 Å². The van der Waals surface area contributed by atoms with Crippen LogP contribution < -0.4 is 5.56 Å². The van der Waals surface area contributed by atoms with Crippen molar-refractivity contribution in [2.75, 3.05) is 33.4 Å². The van der Waals surface area contributed by atoms with Crippen molar-refractivity contribution >= 4 is 5.91 Å². The highest BCUT2D eigenvalue weighted by molar-refractivity contribution is 5.93. The summed E-state index contributed by atoms with van der Waals surface area (Å²) in [6.45, 7) is 4.96. The molecule has 0 saturated carbocycles. The maximum Gasteiger partial charge on any atom is 0.263 e. The molecule has 1 aromatic heterocycles. The normalized spacial score (nSPS) is 23.9. The van der Waals surface area contributed by atoms with E-state index in [2.05, 4.69) is 4.90 Å². The highest BCUT2D eigenvalue weighted by atomic mass is 16.5. The highest BCUT2D eigenvalue weighted by Crippen LogP contribution is 2.37. The number of carbonyl (C=O) groups excluding carboxylic acids is 1. The molecule has 0 N–H and O–H groups in total. The van der Waals surface area contributed by atoms with Gasteiger partial charge in [0, 0.05) is 64.1 Å². The van der Waals surface area contributed by atoms with Crippen molar-refractivity contribution in [3.8, 4) is 0 Å². The maximum absolute atomic E-state index is 13.3. The number of piperidine rings is 1. The number of likely N-dealkylation sites (tertiary alicyclic amines) is 1. The molecule has 0 spiro atoms. The van der Waals surface area contributed by atoms with Crippen LogP contribution in [0.2, 0.25) is 0 Å². The number of fused-ring (bicyclic) bond motifs is 4. The summed E-state index contributed by atoms with van der Waals surface area (Å²) < 4.78 is 7.43. The number of amides is 1. The molecule has 0 radical (unpaired) electrons. The van der Waals surface area contributed by atoms with Gasteiger partial charge in [0.15, 0.2) is 0 Å². The first kappa shape index (κ1) is 20.5. The molecule has 164 valence electrons. The van der Waals surface area contributed by atoms with Gasteiger partial charge in [-0.2, -0.15) is 0 Å². The van der Waals surface area contributed by atoms with Crippen molar-refractivity contribution in [3.63, 3.8) is 0 Å². The van der Waals surface area contributed by atoms with Crippen molar-refractivity contribution < 1.29 is 9.53 Å². The van der Waals surface area contributed by atoms with Gasteiger partial charge in [-0.15, -0.1) is 0 Å². The summed E-state index contributed by atoms with van der Waals surface area (Å²) in [5, 5.41) is 0. The highest BCUT2D eigenvalue weighted by Gasteiger charge is 2.38. The molecule has 0 aliphatic carbocycles. The second-order valence-corrected chi connectivity index (χ2v) is 9.33. The molecule has 1 amide bonds. The summed E-state index contributed by atoms with van der Waals surface area (Å²) >= 11 is 0. The average Bonchev–Trinajstić information content (AvgIpc) is 2.80. The summed E-state index contributed by atoms with van der Waals surface area (Å²) in [5.41, 5.74) is 2.31. The Bertz CT molecular complexity index is 997. The lowest BCUT2D eigenvalue weighted by Gasteiger charge is -2.46. The Hall–Kier alpha value is -2.44. The predicted octanol–water partition coefficient (Wildman–Crippen LogP) is 2.72. The minimum absolute atomic E-state index is 0.128. The lowest BCUT2D eigenvalue weighted by atomic mass is 9.82. The fourth-order valence-electron chi connectivity index (χ4n) is 5.63. The van der Waals surface area contributed by atoms with Gasteiger partial charge in [-0.25, -0.2) is 0 Å². The number of hydrogen-bond donors (Lipinski definition) is 0. The number of aromatic nitrogens is 1. The summed E-state index contributed by atoms with van der Waals surface area (Å²) in [6.07, 6.45) is 3.35. The SMILES string of the molecule is CN(Cc1ccccc1)C(=O)c1ccc2n(c1=O)C[C@H]1C[C@@H]2CN(C2CCOCC2)C1. The molecule has 2 saturated heterocycles. The minimum Gasteiger partial charge on any atom is -0.381 e. The van der Waals surface area contributed by atoms with Crippen LogP contribution in [-0.4, -0.2) is 59.7 Å². The largest absolute Gasteiger partial charge is 0.381 e. The van der Waals surface area contributed by atoms with E-state index >= 15 is 0 Å². The van der Waals surface area contributed by atoms with Gasteiger partial charge >= 0.3 is 0 Å². The van der Waals surface area contributed by atoms with Crippen LogP contribution in [0.5, 0.6) is 0 Å². The van der Waals surface area contributed by atoms with Crippen molar-refractivity contribution in [3.05, 3.63) is 69.6 Å². The number of nitrogens with zero attached hydrogens (tertiary/aromatic N) is 3. The van der Waals surface area contributed by atoms with Gasteiger partial charge in [0.2, 0.25) is 0 Å². The Kier molecular flexibility index (Phi) is 5.67. The molecular weight excluding hydrogens is 390 g/mol. The Morgan fingerprint density at radius 3 is 2.61 bits per heavy atom. The Morgan fingerprint density at radius 2 is 1.84 bits per heavy atom. The van der Waals surface area contributed by atoms with Gasteiger partial charge in [0.05, 0.1) is 0 Å². The maximum atomic E-state index is 13.3. The van der Waals surface area contributed by atoms with E-state index in [0.717, 1.165) is 56.8 Å². The summed E-state index contributed by atoms with van der Waals surface area (Å²) in [6, 6.07) is 14.3. The fraction of sp³-hybridized carbons (Fsp3) is 0.520. The first-order valence-corrected chi connectivity index (χ1v) is 11.4. The van der Waals surface area contributed by atoms with E-state index in [9.17, 15) is 9.59 Å². The Morgan fingerprint density at radius 1 is 1.06 bits per heavy atom. The third kappa shape index (κ3) is 4.06. The predicted molar refractivity (Wildman–Crippen MR) is 119 cm³/mol. The van der Waals surface area contributed by atoms with E-state index in [0.29, 0.717) is 31.0 Å². The topological polar surface area (TPSA) is 54.8 Å². The molecule has 2 fully saturated rings. The van der Waals surface area contributed by atoms with Gasteiger partial charge < -0.3 is 14.2 Å². The van der Waals surface area contributed by atoms with Crippen molar-refractivity contribution in [1.82, 2.24) is 14.4 Å². The van der Waals surface area contributed by atoms with Crippen LogP contribution in [0, 0.1) is 5.92 Å². The van der Waals surface area contributed by atoms with Gasteiger partial charge in [-0.3, -0.25) is 14.5 Å². The molecular formula is C25H31N3O3. The van der Waals surface area contributed by atoms with E-state index in [1.54, 1.807) is 18.0 Å². The van der Waals surface area contributed by atoms with Gasteiger partial charge in [0.1, 0.15) is 5.56 Å². The van der Waals surface area contributed by atoms with Crippen LogP contribution in [0.3, 0.4) is 0 Å². The third-order valence-electron chi connectivity index (χ3n) is 7.18. The third-order valence-corrected chi connectivity index (χ3v) is 7.18. The zero-order valence-corrected chi connectivity index (χ0v) is 18.2. The zero-order chi connectivity index (χ0) is 21.4. The Labute approximate surface area is 183 Å². The van der Waals surface area contributed by atoms with E-state index in [1.165, 1.54) is 0 Å². The molecule has 31 heavy (non-hydrogen) atoms. The molecule has 1 aromatic carbocycles. The summed E-state index contributed by atoms with van der Waals surface area (Å²) in [5.74, 6) is 0.636. The number of carbonyl (C=O) groups is 1. The smallest absolute Gasteiger partial charge is 0.263 e. The zero-order valence-electron chi connectivity index (χ0n) is 18.2. The van der Waals surface area contributed by atoms with Crippen LogP contribution >= 0.6 is 0 Å². The molecule has 0 unspecified atom stereocenters. The number of ether oxygens (including phenoxy) is 1. The average molecular weight is 422 g/mol. The quantitative estimate of drug-likeness (QED) is 0.762. The van der Waals surface area contributed by atoms with E-state index in [-0.39, 0.29) is 17.0 Å². The first-order chi connectivity index (χ1) is 15.1. The number of pyridine rings is 1. The lowest BCUT2D eigenvalue weighted by Crippen LogP contribution is -2.52. The molecule has 5 rings (SSSR count). The van der Waals surface area contributed by atoms with Crippen LogP contribution in [0.1, 0.15) is 46.8 Å². The number of benzene rings is 1. The number of rotatable bonds is 4. The van der Waals surface area contributed by atoms with Crippen LogP contribution in [-0.2, 0) is 17.8 Å². The van der Waals surface area contributed by atoms with Gasteiger partial charge in [-0.05, 0) is 42.9 Å². The molecule has 3 aliphatic rings. The second-order valence-electron chi connectivity index (χ2n) is 9.33. The van der Waals surface area contributed by atoms with Crippen LogP contribution in [0.25, 0.3) is 0 Å². The summed E-state index contributed by atoms with van der Waals surface area (Å²) in [7, 11) is 1.76. The molecule has 2 atom stereocenters. The molecule has 4 heterocycles. The van der Waals surface area contributed by atoms with Gasteiger partial charge in [0.25, 0.3) is 11.5 Å².